The fraction of sp³-hybridized carbons (Fsp3) is 0.200. The molecule has 0 atom stereocenters. The first-order chi connectivity index (χ1) is 9.13. The molecule has 0 radical (unpaired) electrons. The van der Waals surface area contributed by atoms with Crippen LogP contribution in [0.3, 0.4) is 0 Å². The lowest BCUT2D eigenvalue weighted by Gasteiger charge is -2.21. The van der Waals surface area contributed by atoms with Crippen molar-refractivity contribution in [3.8, 4) is 5.75 Å². The van der Waals surface area contributed by atoms with Gasteiger partial charge in [0.15, 0.2) is 0 Å². The van der Waals surface area contributed by atoms with E-state index in [4.69, 9.17) is 0 Å². The van der Waals surface area contributed by atoms with Crippen molar-refractivity contribution in [3.63, 3.8) is 0 Å². The fourth-order valence-electron chi connectivity index (χ4n) is 2.00. The van der Waals surface area contributed by atoms with E-state index in [9.17, 15) is 9.90 Å². The maximum atomic E-state index is 12.5. The van der Waals surface area contributed by atoms with Gasteiger partial charge in [0, 0.05) is 30.2 Å². The molecule has 0 saturated heterocycles. The molecular formula is C15H16N2O2. The van der Waals surface area contributed by atoms with Crippen molar-refractivity contribution in [1.82, 2.24) is 4.98 Å². The van der Waals surface area contributed by atoms with Crippen LogP contribution in [0.4, 0.5) is 5.69 Å². The third-order valence-corrected chi connectivity index (χ3v) is 2.98. The summed E-state index contributed by atoms with van der Waals surface area (Å²) >= 11 is 0. The quantitative estimate of drug-likeness (QED) is 0.918. The van der Waals surface area contributed by atoms with Gasteiger partial charge in [0.2, 0.25) is 0 Å². The SMILES string of the molecule is CCN(C(=O)c1ccc(O)cc1C)c1ccncc1. The van der Waals surface area contributed by atoms with Crippen LogP contribution in [0.2, 0.25) is 0 Å². The van der Waals surface area contributed by atoms with Gasteiger partial charge in [-0.15, -0.1) is 0 Å². The van der Waals surface area contributed by atoms with Gasteiger partial charge in [-0.25, -0.2) is 0 Å². The highest BCUT2D eigenvalue weighted by Gasteiger charge is 2.17. The van der Waals surface area contributed by atoms with E-state index < -0.39 is 0 Å². The average molecular weight is 256 g/mol. The molecule has 4 nitrogen and oxygen atoms in total. The van der Waals surface area contributed by atoms with Crippen molar-refractivity contribution in [1.29, 1.82) is 0 Å². The van der Waals surface area contributed by atoms with Crippen LogP contribution in [0.15, 0.2) is 42.7 Å². The van der Waals surface area contributed by atoms with E-state index in [1.807, 2.05) is 13.8 Å². The molecule has 2 aromatic rings. The summed E-state index contributed by atoms with van der Waals surface area (Å²) in [4.78, 5) is 18.2. The summed E-state index contributed by atoms with van der Waals surface area (Å²) in [6.45, 7) is 4.31. The third-order valence-electron chi connectivity index (χ3n) is 2.98. The van der Waals surface area contributed by atoms with Crippen LogP contribution in [0.5, 0.6) is 5.75 Å². The molecule has 1 heterocycles. The molecule has 0 fully saturated rings. The summed E-state index contributed by atoms with van der Waals surface area (Å²) in [5.74, 6) is 0.0900. The number of anilines is 1. The molecule has 0 aliphatic heterocycles. The first kappa shape index (κ1) is 13.1. The number of rotatable bonds is 3. The van der Waals surface area contributed by atoms with Gasteiger partial charge in [0.05, 0.1) is 0 Å². The van der Waals surface area contributed by atoms with Crippen molar-refractivity contribution >= 4 is 11.6 Å². The van der Waals surface area contributed by atoms with Crippen LogP contribution >= 0.6 is 0 Å². The lowest BCUT2D eigenvalue weighted by molar-refractivity contribution is 0.0987. The minimum Gasteiger partial charge on any atom is -0.508 e. The number of aryl methyl sites for hydroxylation is 1. The Labute approximate surface area is 112 Å². The number of carbonyl (C=O) groups is 1. The number of phenolic OH excluding ortho intramolecular Hbond substituents is 1. The number of carbonyl (C=O) groups excluding carboxylic acids is 1. The Bertz CT molecular complexity index is 582. The summed E-state index contributed by atoms with van der Waals surface area (Å²) in [5.41, 5.74) is 2.17. The highest BCUT2D eigenvalue weighted by atomic mass is 16.3. The van der Waals surface area contributed by atoms with Crippen molar-refractivity contribution in [2.45, 2.75) is 13.8 Å². The van der Waals surface area contributed by atoms with E-state index in [-0.39, 0.29) is 11.7 Å². The lowest BCUT2D eigenvalue weighted by atomic mass is 10.1. The molecule has 0 aliphatic carbocycles. The number of nitrogens with zero attached hydrogens (tertiary/aromatic N) is 2. The fourth-order valence-corrected chi connectivity index (χ4v) is 2.00. The molecule has 1 aromatic carbocycles. The third kappa shape index (κ3) is 2.73. The van der Waals surface area contributed by atoms with Crippen molar-refractivity contribution in [3.05, 3.63) is 53.9 Å². The highest BCUT2D eigenvalue weighted by Crippen LogP contribution is 2.20. The van der Waals surface area contributed by atoms with E-state index in [1.54, 1.807) is 41.6 Å². The summed E-state index contributed by atoms with van der Waals surface area (Å²) in [7, 11) is 0. The minimum absolute atomic E-state index is 0.0776. The van der Waals surface area contributed by atoms with E-state index >= 15 is 0 Å². The summed E-state index contributed by atoms with van der Waals surface area (Å²) in [6, 6.07) is 8.37. The summed E-state index contributed by atoms with van der Waals surface area (Å²) in [5, 5.41) is 9.40. The van der Waals surface area contributed by atoms with E-state index in [1.165, 1.54) is 6.07 Å². The van der Waals surface area contributed by atoms with Gasteiger partial charge >= 0.3 is 0 Å². The molecule has 2 rings (SSSR count). The number of phenols is 1. The predicted molar refractivity (Wildman–Crippen MR) is 74.4 cm³/mol. The second-order valence-corrected chi connectivity index (χ2v) is 4.25. The Hall–Kier alpha value is -2.36. The molecule has 98 valence electrons. The Morgan fingerprint density at radius 1 is 1.26 bits per heavy atom. The van der Waals surface area contributed by atoms with Gasteiger partial charge in [0.1, 0.15) is 5.75 Å². The topological polar surface area (TPSA) is 53.4 Å². The number of amides is 1. The first-order valence-electron chi connectivity index (χ1n) is 6.15. The van der Waals surface area contributed by atoms with Crippen LogP contribution < -0.4 is 4.90 Å². The van der Waals surface area contributed by atoms with Gasteiger partial charge in [0.25, 0.3) is 5.91 Å². The minimum atomic E-state index is -0.0776. The van der Waals surface area contributed by atoms with Gasteiger partial charge in [-0.05, 0) is 49.7 Å². The second kappa shape index (κ2) is 5.52. The molecule has 0 spiro atoms. The molecule has 1 amide bonds. The van der Waals surface area contributed by atoms with Crippen LogP contribution in [-0.4, -0.2) is 22.5 Å². The van der Waals surface area contributed by atoms with E-state index in [2.05, 4.69) is 4.98 Å². The smallest absolute Gasteiger partial charge is 0.258 e. The molecule has 0 bridgehead atoms. The standard InChI is InChI=1S/C15H16N2O2/c1-3-17(12-6-8-16-9-7-12)15(19)14-5-4-13(18)10-11(14)2/h4-10,18H,3H2,1-2H3. The van der Waals surface area contributed by atoms with Crippen LogP contribution in [0.1, 0.15) is 22.8 Å². The van der Waals surface area contributed by atoms with Crippen LogP contribution in [0, 0.1) is 6.92 Å². The Balaban J connectivity index is 2.36. The maximum Gasteiger partial charge on any atom is 0.258 e. The number of hydrogen-bond acceptors (Lipinski definition) is 3. The molecule has 0 aliphatic rings. The number of benzene rings is 1. The van der Waals surface area contributed by atoms with Gasteiger partial charge in [-0.1, -0.05) is 0 Å². The van der Waals surface area contributed by atoms with Gasteiger partial charge in [-0.2, -0.15) is 0 Å². The van der Waals surface area contributed by atoms with Crippen LogP contribution in [-0.2, 0) is 0 Å². The normalized spacial score (nSPS) is 10.2. The lowest BCUT2D eigenvalue weighted by Crippen LogP contribution is -2.31. The average Bonchev–Trinajstić information content (AvgIpc) is 2.40. The molecular weight excluding hydrogens is 240 g/mol. The maximum absolute atomic E-state index is 12.5. The van der Waals surface area contributed by atoms with Gasteiger partial charge in [-0.3, -0.25) is 9.78 Å². The molecule has 0 saturated carbocycles. The van der Waals surface area contributed by atoms with Crippen LogP contribution in [0.25, 0.3) is 0 Å². The zero-order chi connectivity index (χ0) is 13.8. The summed E-state index contributed by atoms with van der Waals surface area (Å²) in [6.07, 6.45) is 3.32. The molecule has 4 heteroatoms. The number of hydrogen-bond donors (Lipinski definition) is 1. The van der Waals surface area contributed by atoms with Crippen molar-refractivity contribution in [2.24, 2.45) is 0 Å². The number of aromatic nitrogens is 1. The number of pyridine rings is 1. The Morgan fingerprint density at radius 3 is 2.53 bits per heavy atom. The van der Waals surface area contributed by atoms with Gasteiger partial charge < -0.3 is 10.0 Å². The van der Waals surface area contributed by atoms with E-state index in [0.29, 0.717) is 12.1 Å². The molecule has 0 unspecified atom stereocenters. The predicted octanol–water partition coefficient (Wildman–Crippen LogP) is 2.76. The monoisotopic (exact) mass is 256 g/mol. The summed E-state index contributed by atoms with van der Waals surface area (Å²) < 4.78 is 0. The molecule has 1 aromatic heterocycles. The highest BCUT2D eigenvalue weighted by molar-refractivity contribution is 6.07. The zero-order valence-corrected chi connectivity index (χ0v) is 11.0. The second-order valence-electron chi connectivity index (χ2n) is 4.25. The Kier molecular flexibility index (Phi) is 3.80. The van der Waals surface area contributed by atoms with E-state index in [0.717, 1.165) is 11.3 Å². The largest absolute Gasteiger partial charge is 0.508 e. The number of aromatic hydroxyl groups is 1. The first-order valence-corrected chi connectivity index (χ1v) is 6.15. The van der Waals surface area contributed by atoms with Crippen molar-refractivity contribution in [2.75, 3.05) is 11.4 Å². The van der Waals surface area contributed by atoms with Crippen molar-refractivity contribution < 1.29 is 9.90 Å². The Morgan fingerprint density at radius 2 is 1.95 bits per heavy atom. The zero-order valence-electron chi connectivity index (χ0n) is 11.0. The molecule has 19 heavy (non-hydrogen) atoms. The molecule has 1 N–H and O–H groups in total.